The third-order valence-corrected chi connectivity index (χ3v) is 2.32. The van der Waals surface area contributed by atoms with E-state index < -0.39 is 5.97 Å². The molecule has 0 rings (SSSR count). The number of hydrogen-bond donors (Lipinski definition) is 1. The number of aliphatic carboxylic acids is 1. The van der Waals surface area contributed by atoms with Crippen molar-refractivity contribution in [1.29, 1.82) is 0 Å². The number of rotatable bonds is 6. The van der Waals surface area contributed by atoms with Crippen LogP contribution in [0.15, 0.2) is 24.3 Å². The predicted molar refractivity (Wildman–Crippen MR) is 59.2 cm³/mol. The minimum Gasteiger partial charge on any atom is -0.481 e. The van der Waals surface area contributed by atoms with E-state index in [9.17, 15) is 4.79 Å². The van der Waals surface area contributed by atoms with Crippen molar-refractivity contribution in [1.82, 2.24) is 0 Å². The van der Waals surface area contributed by atoms with E-state index in [-0.39, 0.29) is 11.8 Å². The van der Waals surface area contributed by atoms with Gasteiger partial charge in [0.1, 0.15) is 0 Å². The molecule has 0 saturated carbocycles. The van der Waals surface area contributed by atoms with Gasteiger partial charge in [0.2, 0.25) is 0 Å². The Morgan fingerprint density at radius 2 is 2.07 bits per heavy atom. The fourth-order valence-corrected chi connectivity index (χ4v) is 1.30. The largest absolute Gasteiger partial charge is 0.481 e. The zero-order valence-electron chi connectivity index (χ0n) is 9.34. The second kappa shape index (κ2) is 5.63. The van der Waals surface area contributed by atoms with Crippen LogP contribution >= 0.6 is 0 Å². The summed E-state index contributed by atoms with van der Waals surface area (Å²) < 4.78 is 0. The van der Waals surface area contributed by atoms with Gasteiger partial charge in [-0.3, -0.25) is 4.79 Å². The second-order valence-electron chi connectivity index (χ2n) is 4.25. The third-order valence-electron chi connectivity index (χ3n) is 2.32. The first-order valence-electron chi connectivity index (χ1n) is 4.88. The lowest BCUT2D eigenvalue weighted by atomic mass is 9.82. The number of carboxylic acids is 1. The Labute approximate surface area is 86.3 Å². The summed E-state index contributed by atoms with van der Waals surface area (Å²) >= 11 is 0. The van der Waals surface area contributed by atoms with Crippen molar-refractivity contribution in [3.05, 3.63) is 24.3 Å². The molecule has 0 heterocycles. The zero-order chi connectivity index (χ0) is 11.2. The van der Waals surface area contributed by atoms with Gasteiger partial charge in [-0.2, -0.15) is 0 Å². The van der Waals surface area contributed by atoms with Gasteiger partial charge in [-0.05, 0) is 32.1 Å². The Morgan fingerprint density at radius 1 is 1.50 bits per heavy atom. The average molecular weight is 196 g/mol. The highest BCUT2D eigenvalue weighted by molar-refractivity contribution is 5.68. The van der Waals surface area contributed by atoms with Gasteiger partial charge in [-0.25, -0.2) is 0 Å². The maximum atomic E-state index is 10.6. The molecule has 1 N–H and O–H groups in total. The quantitative estimate of drug-likeness (QED) is 0.661. The first-order chi connectivity index (χ1) is 6.39. The summed E-state index contributed by atoms with van der Waals surface area (Å²) in [7, 11) is 0. The molecule has 0 radical (unpaired) electrons. The summed E-state index contributed by atoms with van der Waals surface area (Å²) in [4.78, 5) is 10.6. The Morgan fingerprint density at radius 3 is 2.43 bits per heavy atom. The van der Waals surface area contributed by atoms with Gasteiger partial charge in [-0.15, -0.1) is 6.58 Å². The molecule has 80 valence electrons. The van der Waals surface area contributed by atoms with Crippen LogP contribution in [-0.4, -0.2) is 11.1 Å². The Bertz CT molecular complexity index is 237. The predicted octanol–water partition coefficient (Wildman–Crippen LogP) is 3.40. The van der Waals surface area contributed by atoms with Crippen LogP contribution < -0.4 is 0 Å². The minimum atomic E-state index is -0.760. The molecule has 0 aromatic rings. The lowest BCUT2D eigenvalue weighted by molar-refractivity contribution is -0.138. The molecule has 0 spiro atoms. The van der Waals surface area contributed by atoms with E-state index in [4.69, 9.17) is 5.11 Å². The summed E-state index contributed by atoms with van der Waals surface area (Å²) in [5.74, 6) is -0.760. The molecule has 0 aromatic carbocycles. The van der Waals surface area contributed by atoms with Crippen molar-refractivity contribution >= 4 is 5.97 Å². The second-order valence-corrected chi connectivity index (χ2v) is 4.25. The fourth-order valence-electron chi connectivity index (χ4n) is 1.30. The molecular formula is C12H20O2. The molecule has 14 heavy (non-hydrogen) atoms. The summed E-state index contributed by atoms with van der Waals surface area (Å²) in [6, 6.07) is 0. The van der Waals surface area contributed by atoms with E-state index in [1.54, 1.807) is 6.08 Å². The highest BCUT2D eigenvalue weighted by Crippen LogP contribution is 2.29. The number of carboxylic acid groups (broad SMARTS) is 1. The SMILES string of the molecule is C=C[C@@](C)(CCC=C(C)C)CC(=O)O. The molecule has 0 fully saturated rings. The molecule has 1 atom stereocenters. The van der Waals surface area contributed by atoms with E-state index in [0.717, 1.165) is 12.8 Å². The highest BCUT2D eigenvalue weighted by Gasteiger charge is 2.22. The maximum absolute atomic E-state index is 10.6. The standard InChI is InChI=1S/C12H20O2/c1-5-12(4,9-11(13)14)8-6-7-10(2)3/h5,7H,1,6,8-9H2,2-4H3,(H,13,14)/t12-/m0/s1. The van der Waals surface area contributed by atoms with Gasteiger partial charge in [0.25, 0.3) is 0 Å². The molecule has 0 aliphatic carbocycles. The van der Waals surface area contributed by atoms with Crippen LogP contribution in [0.25, 0.3) is 0 Å². The van der Waals surface area contributed by atoms with Crippen molar-refractivity contribution in [2.45, 2.75) is 40.0 Å². The smallest absolute Gasteiger partial charge is 0.304 e. The Balaban J connectivity index is 4.19. The summed E-state index contributed by atoms with van der Waals surface area (Å²) in [5.41, 5.74) is 0.990. The van der Waals surface area contributed by atoms with Gasteiger partial charge in [0.05, 0.1) is 6.42 Å². The molecule has 0 aliphatic heterocycles. The van der Waals surface area contributed by atoms with Crippen LogP contribution in [0.5, 0.6) is 0 Å². The molecule has 0 amide bonds. The minimum absolute atomic E-state index is 0.160. The van der Waals surface area contributed by atoms with Crippen molar-refractivity contribution in [2.75, 3.05) is 0 Å². The van der Waals surface area contributed by atoms with Crippen molar-refractivity contribution < 1.29 is 9.90 Å². The maximum Gasteiger partial charge on any atom is 0.304 e. The van der Waals surface area contributed by atoms with Crippen molar-refractivity contribution in [2.24, 2.45) is 5.41 Å². The van der Waals surface area contributed by atoms with Crippen LogP contribution in [0.3, 0.4) is 0 Å². The van der Waals surface area contributed by atoms with Gasteiger partial charge < -0.3 is 5.11 Å². The van der Waals surface area contributed by atoms with Crippen LogP contribution in [0.2, 0.25) is 0 Å². The lowest BCUT2D eigenvalue weighted by Crippen LogP contribution is -2.17. The Hall–Kier alpha value is -1.05. The van der Waals surface area contributed by atoms with Crippen LogP contribution in [0.4, 0.5) is 0 Å². The van der Waals surface area contributed by atoms with Crippen molar-refractivity contribution in [3.8, 4) is 0 Å². The van der Waals surface area contributed by atoms with Crippen molar-refractivity contribution in [3.63, 3.8) is 0 Å². The first-order valence-corrected chi connectivity index (χ1v) is 4.88. The van der Waals surface area contributed by atoms with Crippen LogP contribution in [0, 0.1) is 5.41 Å². The molecule has 2 heteroatoms. The molecule has 0 aliphatic rings. The van der Waals surface area contributed by atoms with Gasteiger partial charge in [-0.1, -0.05) is 24.6 Å². The molecule has 2 nitrogen and oxygen atoms in total. The molecule has 0 bridgehead atoms. The van der Waals surface area contributed by atoms with Crippen LogP contribution in [-0.2, 0) is 4.79 Å². The molecule has 0 saturated heterocycles. The summed E-state index contributed by atoms with van der Waals surface area (Å²) in [6.45, 7) is 9.73. The normalized spacial score (nSPS) is 14.2. The summed E-state index contributed by atoms with van der Waals surface area (Å²) in [6.07, 6.45) is 5.79. The van der Waals surface area contributed by atoms with Crippen LogP contribution in [0.1, 0.15) is 40.0 Å². The zero-order valence-corrected chi connectivity index (χ0v) is 9.34. The lowest BCUT2D eigenvalue weighted by Gasteiger charge is -2.22. The average Bonchev–Trinajstić information content (AvgIpc) is 2.02. The number of hydrogen-bond acceptors (Lipinski definition) is 1. The number of carbonyl (C=O) groups is 1. The van der Waals surface area contributed by atoms with E-state index in [0.29, 0.717) is 0 Å². The first kappa shape index (κ1) is 12.9. The van der Waals surface area contributed by atoms with Gasteiger partial charge in [0, 0.05) is 0 Å². The molecular weight excluding hydrogens is 176 g/mol. The molecule has 0 aromatic heterocycles. The third kappa shape index (κ3) is 5.57. The van der Waals surface area contributed by atoms with E-state index in [1.165, 1.54) is 5.57 Å². The van der Waals surface area contributed by atoms with Gasteiger partial charge >= 0.3 is 5.97 Å². The fraction of sp³-hybridized carbons (Fsp3) is 0.583. The van der Waals surface area contributed by atoms with E-state index in [1.807, 2.05) is 20.8 Å². The van der Waals surface area contributed by atoms with E-state index >= 15 is 0 Å². The summed E-state index contributed by atoms with van der Waals surface area (Å²) in [5, 5.41) is 8.73. The highest BCUT2D eigenvalue weighted by atomic mass is 16.4. The number of allylic oxidation sites excluding steroid dienone is 3. The Kier molecular flexibility index (Phi) is 5.21. The monoisotopic (exact) mass is 196 g/mol. The molecule has 0 unspecified atom stereocenters. The van der Waals surface area contributed by atoms with E-state index in [2.05, 4.69) is 12.7 Å². The topological polar surface area (TPSA) is 37.3 Å². The van der Waals surface area contributed by atoms with Gasteiger partial charge in [0.15, 0.2) is 0 Å².